The molecule has 1 aromatic heterocycles. The molecule has 0 fully saturated rings. The van der Waals surface area contributed by atoms with E-state index in [9.17, 15) is 18.8 Å². The van der Waals surface area contributed by atoms with Crippen molar-refractivity contribution in [1.82, 2.24) is 9.78 Å². The highest BCUT2D eigenvalue weighted by molar-refractivity contribution is 6.31. The Morgan fingerprint density at radius 1 is 1.23 bits per heavy atom. The molecule has 9 nitrogen and oxygen atoms in total. The summed E-state index contributed by atoms with van der Waals surface area (Å²) in [6.45, 7) is -1.18. The van der Waals surface area contributed by atoms with Gasteiger partial charge < -0.3 is 19.2 Å². The molecule has 3 rings (SSSR count). The molecule has 0 aliphatic carbocycles. The Morgan fingerprint density at radius 2 is 1.97 bits per heavy atom. The van der Waals surface area contributed by atoms with Crippen molar-refractivity contribution in [2.24, 2.45) is 0 Å². The molecule has 2 aromatic carbocycles. The molecule has 156 valence electrons. The number of nitrogens with zero attached hydrogens (tertiary/aromatic N) is 2. The van der Waals surface area contributed by atoms with Crippen LogP contribution in [-0.4, -0.2) is 35.4 Å². The molecule has 1 N–H and O–H groups in total. The second-order valence-corrected chi connectivity index (χ2v) is 6.33. The van der Waals surface area contributed by atoms with Gasteiger partial charge in [0.15, 0.2) is 6.61 Å². The Kier molecular flexibility index (Phi) is 6.48. The van der Waals surface area contributed by atoms with Crippen LogP contribution in [-0.2, 0) is 20.9 Å². The highest BCUT2D eigenvalue weighted by Crippen LogP contribution is 2.27. The molecule has 0 aliphatic heterocycles. The Morgan fingerprint density at radius 3 is 2.67 bits per heavy atom. The van der Waals surface area contributed by atoms with Gasteiger partial charge in [0, 0.05) is 10.6 Å². The number of halogens is 2. The Hall–Kier alpha value is -3.66. The molecule has 0 atom stereocenters. The summed E-state index contributed by atoms with van der Waals surface area (Å²) < 4.78 is 28.6. The largest absolute Gasteiger partial charge is 0.495 e. The summed E-state index contributed by atoms with van der Waals surface area (Å²) in [5, 5.41) is 6.74. The third-order valence-corrected chi connectivity index (χ3v) is 4.01. The van der Waals surface area contributed by atoms with Gasteiger partial charge in [0.2, 0.25) is 5.89 Å². The maximum atomic E-state index is 13.0. The van der Waals surface area contributed by atoms with Crippen LogP contribution >= 0.6 is 11.6 Å². The lowest BCUT2D eigenvalue weighted by Gasteiger charge is -2.10. The zero-order valence-electron chi connectivity index (χ0n) is 15.6. The molecule has 1 amide bonds. The van der Waals surface area contributed by atoms with Crippen LogP contribution in [0.4, 0.5) is 10.1 Å². The summed E-state index contributed by atoms with van der Waals surface area (Å²) in [6, 6.07) is 9.74. The Balaban J connectivity index is 1.57. The van der Waals surface area contributed by atoms with Crippen LogP contribution < -0.4 is 15.8 Å². The van der Waals surface area contributed by atoms with Crippen molar-refractivity contribution in [2.75, 3.05) is 19.0 Å². The van der Waals surface area contributed by atoms with E-state index in [4.69, 9.17) is 25.5 Å². The van der Waals surface area contributed by atoms with E-state index in [-0.39, 0.29) is 5.89 Å². The first-order valence-corrected chi connectivity index (χ1v) is 8.86. The summed E-state index contributed by atoms with van der Waals surface area (Å²) in [6.07, 6.45) is 0. The van der Waals surface area contributed by atoms with Gasteiger partial charge in [-0.1, -0.05) is 11.6 Å². The highest BCUT2D eigenvalue weighted by atomic mass is 35.5. The average Bonchev–Trinajstić information content (AvgIpc) is 3.07. The number of aromatic nitrogens is 2. The molecule has 0 radical (unpaired) electrons. The van der Waals surface area contributed by atoms with Crippen molar-refractivity contribution >= 4 is 29.2 Å². The van der Waals surface area contributed by atoms with Crippen LogP contribution in [0.25, 0.3) is 11.5 Å². The van der Waals surface area contributed by atoms with Crippen LogP contribution in [0.2, 0.25) is 5.02 Å². The van der Waals surface area contributed by atoms with Crippen LogP contribution in [0.1, 0.15) is 0 Å². The number of anilines is 1. The summed E-state index contributed by atoms with van der Waals surface area (Å²) in [4.78, 5) is 35.8. The minimum Gasteiger partial charge on any atom is -0.495 e. The first-order valence-electron chi connectivity index (χ1n) is 8.48. The van der Waals surface area contributed by atoms with E-state index < -0.39 is 36.6 Å². The lowest BCUT2D eigenvalue weighted by Crippen LogP contribution is -2.26. The topological polar surface area (TPSA) is 113 Å². The van der Waals surface area contributed by atoms with Gasteiger partial charge in [-0.3, -0.25) is 9.59 Å². The summed E-state index contributed by atoms with van der Waals surface area (Å²) in [7, 11) is 1.43. The fourth-order valence-corrected chi connectivity index (χ4v) is 2.57. The molecule has 11 heteroatoms. The molecule has 0 saturated carbocycles. The van der Waals surface area contributed by atoms with Crippen LogP contribution in [0.3, 0.4) is 0 Å². The van der Waals surface area contributed by atoms with Crippen molar-refractivity contribution in [2.45, 2.75) is 6.54 Å². The van der Waals surface area contributed by atoms with E-state index in [0.717, 1.165) is 4.68 Å². The third-order valence-electron chi connectivity index (χ3n) is 3.78. The normalized spacial score (nSPS) is 10.5. The van der Waals surface area contributed by atoms with Crippen molar-refractivity contribution < 1.29 is 27.9 Å². The summed E-state index contributed by atoms with van der Waals surface area (Å²) >= 11 is 5.88. The molecular formula is C19H15ClFN3O6. The second-order valence-electron chi connectivity index (χ2n) is 5.89. The zero-order valence-corrected chi connectivity index (χ0v) is 16.3. The standard InChI is InChI=1S/C19H15ClFN3O6/c1-28-15-7-4-12(20)8-14(15)22-16(25)10-29-17(26)9-24-19(27)30-18(23-24)11-2-5-13(21)6-3-11/h2-8H,9-10H2,1H3,(H,22,25). The molecule has 0 unspecified atom stereocenters. The number of carbonyl (C=O) groups is 2. The number of nitrogens with one attached hydrogen (secondary N) is 1. The van der Waals surface area contributed by atoms with Gasteiger partial charge in [0.1, 0.15) is 18.1 Å². The number of esters is 1. The first-order chi connectivity index (χ1) is 14.4. The summed E-state index contributed by atoms with van der Waals surface area (Å²) in [5.74, 6) is -2.59. The fourth-order valence-electron chi connectivity index (χ4n) is 2.39. The van der Waals surface area contributed by atoms with E-state index in [1.807, 2.05) is 0 Å². The van der Waals surface area contributed by atoms with E-state index >= 15 is 0 Å². The monoisotopic (exact) mass is 435 g/mol. The predicted octanol–water partition coefficient (Wildman–Crippen LogP) is 2.49. The maximum absolute atomic E-state index is 13.0. The lowest BCUT2D eigenvalue weighted by molar-refractivity contribution is -0.148. The fraction of sp³-hybridized carbons (Fsp3) is 0.158. The quantitative estimate of drug-likeness (QED) is 0.567. The van der Waals surface area contributed by atoms with E-state index in [0.29, 0.717) is 22.0 Å². The third kappa shape index (κ3) is 5.23. The maximum Gasteiger partial charge on any atom is 0.437 e. The molecule has 3 aromatic rings. The van der Waals surface area contributed by atoms with Gasteiger partial charge in [-0.25, -0.2) is 9.18 Å². The van der Waals surface area contributed by atoms with Gasteiger partial charge >= 0.3 is 11.7 Å². The molecule has 0 saturated heterocycles. The Labute approximate surface area is 174 Å². The number of amides is 1. The van der Waals surface area contributed by atoms with E-state index in [1.54, 1.807) is 12.1 Å². The Bertz CT molecular complexity index is 1130. The van der Waals surface area contributed by atoms with Crippen LogP contribution in [0, 0.1) is 5.82 Å². The predicted molar refractivity (Wildman–Crippen MR) is 104 cm³/mol. The second kappa shape index (κ2) is 9.23. The van der Waals surface area contributed by atoms with Crippen molar-refractivity contribution in [3.05, 3.63) is 63.9 Å². The van der Waals surface area contributed by atoms with Gasteiger partial charge in [0.05, 0.1) is 12.8 Å². The molecule has 0 spiro atoms. The van der Waals surface area contributed by atoms with Crippen molar-refractivity contribution in [1.29, 1.82) is 0 Å². The van der Waals surface area contributed by atoms with Gasteiger partial charge in [-0.15, -0.1) is 5.10 Å². The minimum atomic E-state index is -0.903. The zero-order chi connectivity index (χ0) is 21.7. The first kappa shape index (κ1) is 21.1. The molecule has 0 aliphatic rings. The van der Waals surface area contributed by atoms with Crippen LogP contribution in [0.15, 0.2) is 51.7 Å². The molecule has 30 heavy (non-hydrogen) atoms. The number of ether oxygens (including phenoxy) is 2. The number of carbonyl (C=O) groups excluding carboxylic acids is 2. The summed E-state index contributed by atoms with van der Waals surface area (Å²) in [5.41, 5.74) is 0.665. The number of methoxy groups -OCH3 is 1. The number of hydrogen-bond acceptors (Lipinski definition) is 7. The van der Waals surface area contributed by atoms with Gasteiger partial charge in [0.25, 0.3) is 5.91 Å². The smallest absolute Gasteiger partial charge is 0.437 e. The molecule has 0 bridgehead atoms. The molecular weight excluding hydrogens is 421 g/mol. The van der Waals surface area contributed by atoms with Gasteiger partial charge in [-0.05, 0) is 42.5 Å². The van der Waals surface area contributed by atoms with E-state index in [2.05, 4.69) is 10.4 Å². The van der Waals surface area contributed by atoms with Crippen molar-refractivity contribution in [3.8, 4) is 17.2 Å². The lowest BCUT2D eigenvalue weighted by atomic mass is 10.2. The molecule has 1 heterocycles. The number of benzene rings is 2. The average molecular weight is 436 g/mol. The SMILES string of the molecule is COc1ccc(Cl)cc1NC(=O)COC(=O)Cn1nc(-c2ccc(F)cc2)oc1=O. The van der Waals surface area contributed by atoms with Crippen molar-refractivity contribution in [3.63, 3.8) is 0 Å². The number of hydrogen-bond donors (Lipinski definition) is 1. The highest BCUT2D eigenvalue weighted by Gasteiger charge is 2.16. The minimum absolute atomic E-state index is 0.0846. The van der Waals surface area contributed by atoms with E-state index in [1.165, 1.54) is 37.4 Å². The van der Waals surface area contributed by atoms with Crippen LogP contribution in [0.5, 0.6) is 5.75 Å². The van der Waals surface area contributed by atoms with Gasteiger partial charge in [-0.2, -0.15) is 4.68 Å². The number of rotatable bonds is 7.